The Hall–Kier alpha value is -1.81. The molecule has 8 heteroatoms. The smallest absolute Gasteiger partial charge is 0.191 e. The maximum atomic E-state index is 10.7. The highest BCUT2D eigenvalue weighted by Crippen LogP contribution is 2.25. The van der Waals surface area contributed by atoms with Crippen LogP contribution in [-0.4, -0.2) is 47.1 Å². The molecule has 1 aromatic carbocycles. The molecule has 28 heavy (non-hydrogen) atoms. The number of hydrogen-bond donors (Lipinski definition) is 3. The number of rotatable bonds is 7. The van der Waals surface area contributed by atoms with Crippen molar-refractivity contribution in [3.05, 3.63) is 47.3 Å². The zero-order valence-electron chi connectivity index (χ0n) is 16.7. The van der Waals surface area contributed by atoms with Gasteiger partial charge >= 0.3 is 0 Å². The first-order chi connectivity index (χ1) is 13.0. The summed E-state index contributed by atoms with van der Waals surface area (Å²) in [6.07, 6.45) is 5.38. The molecule has 1 atom stereocenters. The average Bonchev–Trinajstić information content (AvgIpc) is 3.28. The van der Waals surface area contributed by atoms with Crippen LogP contribution in [0.3, 0.4) is 0 Å². The van der Waals surface area contributed by atoms with Gasteiger partial charge in [-0.15, -0.1) is 24.0 Å². The monoisotopic (exact) mass is 499 g/mol. The van der Waals surface area contributed by atoms with Crippen molar-refractivity contribution in [2.75, 3.05) is 26.2 Å². The third-order valence-corrected chi connectivity index (χ3v) is 4.68. The number of ether oxygens (including phenoxy) is 1. The molecule has 0 bridgehead atoms. The molecule has 1 unspecified atom stereocenters. The van der Waals surface area contributed by atoms with Gasteiger partial charge in [0.05, 0.1) is 19.3 Å². The number of aromatic nitrogens is 2. The van der Waals surface area contributed by atoms with Crippen LogP contribution in [-0.2, 0) is 25.5 Å². The van der Waals surface area contributed by atoms with Gasteiger partial charge in [-0.25, -0.2) is 4.99 Å². The number of benzene rings is 1. The molecule has 3 N–H and O–H groups in total. The SMILES string of the molecule is CCNC(=NCC(C)(O)c1cnn(C)c1)NCCc1ccc2c(c1)CCO2.I. The van der Waals surface area contributed by atoms with Crippen molar-refractivity contribution in [3.8, 4) is 5.75 Å². The van der Waals surface area contributed by atoms with Crippen LogP contribution < -0.4 is 15.4 Å². The number of aryl methyl sites for hydroxylation is 1. The lowest BCUT2D eigenvalue weighted by atomic mass is 10.0. The fraction of sp³-hybridized carbons (Fsp3) is 0.500. The highest BCUT2D eigenvalue weighted by molar-refractivity contribution is 14.0. The molecule has 2 aromatic rings. The largest absolute Gasteiger partial charge is 0.493 e. The number of halogens is 1. The Morgan fingerprint density at radius 2 is 2.21 bits per heavy atom. The Kier molecular flexibility index (Phi) is 8.11. The number of hydrogen-bond acceptors (Lipinski definition) is 4. The van der Waals surface area contributed by atoms with Gasteiger partial charge in [0.1, 0.15) is 11.4 Å². The van der Waals surface area contributed by atoms with Gasteiger partial charge in [-0.2, -0.15) is 5.10 Å². The maximum Gasteiger partial charge on any atom is 0.191 e. The summed E-state index contributed by atoms with van der Waals surface area (Å²) >= 11 is 0. The van der Waals surface area contributed by atoms with Crippen molar-refractivity contribution in [2.24, 2.45) is 12.0 Å². The first kappa shape index (κ1) is 22.5. The quantitative estimate of drug-likeness (QED) is 0.309. The highest BCUT2D eigenvalue weighted by atomic mass is 127. The molecule has 0 amide bonds. The van der Waals surface area contributed by atoms with Crippen LogP contribution in [0.4, 0.5) is 0 Å². The number of nitrogens with zero attached hydrogens (tertiary/aromatic N) is 3. The van der Waals surface area contributed by atoms with Gasteiger partial charge in [0.15, 0.2) is 5.96 Å². The topological polar surface area (TPSA) is 83.7 Å². The van der Waals surface area contributed by atoms with Crippen molar-refractivity contribution in [2.45, 2.75) is 32.3 Å². The molecule has 3 rings (SSSR count). The molecule has 7 nitrogen and oxygen atoms in total. The van der Waals surface area contributed by atoms with E-state index in [0.717, 1.165) is 43.9 Å². The van der Waals surface area contributed by atoms with Gasteiger partial charge < -0.3 is 20.5 Å². The highest BCUT2D eigenvalue weighted by Gasteiger charge is 2.24. The third kappa shape index (κ3) is 5.84. The van der Waals surface area contributed by atoms with Crippen LogP contribution in [0.5, 0.6) is 5.75 Å². The van der Waals surface area contributed by atoms with Crippen LogP contribution in [0.2, 0.25) is 0 Å². The summed E-state index contributed by atoms with van der Waals surface area (Å²) in [6, 6.07) is 6.40. The summed E-state index contributed by atoms with van der Waals surface area (Å²) in [6.45, 7) is 6.34. The molecule has 0 aliphatic carbocycles. The Bertz CT molecular complexity index is 804. The van der Waals surface area contributed by atoms with Gasteiger partial charge in [0.2, 0.25) is 0 Å². The second kappa shape index (κ2) is 10.1. The zero-order chi connectivity index (χ0) is 19.3. The van der Waals surface area contributed by atoms with E-state index in [2.05, 4.69) is 38.9 Å². The Balaban J connectivity index is 0.00000280. The van der Waals surface area contributed by atoms with Crippen molar-refractivity contribution < 1.29 is 9.84 Å². The lowest BCUT2D eigenvalue weighted by molar-refractivity contribution is 0.0672. The van der Waals surface area contributed by atoms with E-state index in [-0.39, 0.29) is 30.5 Å². The van der Waals surface area contributed by atoms with Gasteiger partial charge in [-0.05, 0) is 37.5 Å². The van der Waals surface area contributed by atoms with Crippen LogP contribution in [0.25, 0.3) is 0 Å². The fourth-order valence-electron chi connectivity index (χ4n) is 3.09. The average molecular weight is 499 g/mol. The fourth-order valence-corrected chi connectivity index (χ4v) is 3.09. The van der Waals surface area contributed by atoms with Gasteiger partial charge in [-0.1, -0.05) is 12.1 Å². The summed E-state index contributed by atoms with van der Waals surface area (Å²) in [5.74, 6) is 1.71. The third-order valence-electron chi connectivity index (χ3n) is 4.68. The Labute approximate surface area is 183 Å². The van der Waals surface area contributed by atoms with Crippen LogP contribution in [0.15, 0.2) is 35.6 Å². The van der Waals surface area contributed by atoms with E-state index < -0.39 is 5.60 Å². The molecular formula is C20H30IN5O2. The second-order valence-corrected chi connectivity index (χ2v) is 7.09. The van der Waals surface area contributed by atoms with E-state index in [0.29, 0.717) is 5.96 Å². The molecule has 0 radical (unpaired) electrons. The second-order valence-electron chi connectivity index (χ2n) is 7.09. The molecule has 154 valence electrons. The lowest BCUT2D eigenvalue weighted by Crippen LogP contribution is -2.39. The number of fused-ring (bicyclic) bond motifs is 1. The molecule has 2 heterocycles. The minimum atomic E-state index is -1.06. The minimum Gasteiger partial charge on any atom is -0.493 e. The molecule has 0 fully saturated rings. The number of guanidine groups is 1. The van der Waals surface area contributed by atoms with Gasteiger partial charge in [0, 0.05) is 38.3 Å². The zero-order valence-corrected chi connectivity index (χ0v) is 19.1. The standard InChI is InChI=1S/C20H29N5O2.HI/c1-4-21-19(23-14-20(2,26)17-12-24-25(3)13-17)22-9-7-15-5-6-18-16(11-15)8-10-27-18;/h5-6,11-13,26H,4,7-10,14H2,1-3H3,(H2,21,22,23);1H. The van der Waals surface area contributed by atoms with Crippen LogP contribution in [0.1, 0.15) is 30.5 Å². The molecular weight excluding hydrogens is 469 g/mol. The van der Waals surface area contributed by atoms with Crippen molar-refractivity contribution in [1.82, 2.24) is 20.4 Å². The maximum absolute atomic E-state index is 10.7. The predicted molar refractivity (Wildman–Crippen MR) is 122 cm³/mol. The van der Waals surface area contributed by atoms with Crippen molar-refractivity contribution in [1.29, 1.82) is 0 Å². The molecule has 1 aromatic heterocycles. The summed E-state index contributed by atoms with van der Waals surface area (Å²) in [5, 5.41) is 21.4. The van der Waals surface area contributed by atoms with E-state index in [1.165, 1.54) is 11.1 Å². The first-order valence-corrected chi connectivity index (χ1v) is 9.46. The number of aliphatic hydroxyl groups is 1. The van der Waals surface area contributed by atoms with Crippen LogP contribution >= 0.6 is 24.0 Å². The Morgan fingerprint density at radius 1 is 1.39 bits per heavy atom. The van der Waals surface area contributed by atoms with E-state index in [1.807, 2.05) is 20.2 Å². The lowest BCUT2D eigenvalue weighted by Gasteiger charge is -2.20. The minimum absolute atomic E-state index is 0. The summed E-state index contributed by atoms with van der Waals surface area (Å²) in [4.78, 5) is 4.55. The van der Waals surface area contributed by atoms with E-state index in [1.54, 1.807) is 17.8 Å². The van der Waals surface area contributed by atoms with E-state index in [4.69, 9.17) is 4.74 Å². The summed E-state index contributed by atoms with van der Waals surface area (Å²) < 4.78 is 7.23. The van der Waals surface area contributed by atoms with E-state index in [9.17, 15) is 5.11 Å². The summed E-state index contributed by atoms with van der Waals surface area (Å²) in [5.41, 5.74) is 2.27. The van der Waals surface area contributed by atoms with Gasteiger partial charge in [-0.3, -0.25) is 4.68 Å². The van der Waals surface area contributed by atoms with Crippen molar-refractivity contribution in [3.63, 3.8) is 0 Å². The summed E-state index contributed by atoms with van der Waals surface area (Å²) in [7, 11) is 1.83. The normalized spacial score (nSPS) is 15.2. The molecule has 1 aliphatic heterocycles. The number of aliphatic imine (C=N–C) groups is 1. The molecule has 0 spiro atoms. The van der Waals surface area contributed by atoms with Crippen molar-refractivity contribution >= 4 is 29.9 Å². The van der Waals surface area contributed by atoms with Crippen LogP contribution in [0, 0.1) is 0 Å². The Morgan fingerprint density at radius 3 is 2.93 bits per heavy atom. The predicted octanol–water partition coefficient (Wildman–Crippen LogP) is 1.98. The first-order valence-electron chi connectivity index (χ1n) is 9.46. The van der Waals surface area contributed by atoms with Gasteiger partial charge in [0.25, 0.3) is 0 Å². The number of nitrogens with one attached hydrogen (secondary N) is 2. The molecule has 0 saturated carbocycles. The molecule has 1 aliphatic rings. The molecule has 0 saturated heterocycles. The van der Waals surface area contributed by atoms with E-state index >= 15 is 0 Å².